The monoisotopic (exact) mass is 312 g/mol. The second-order valence-electron chi connectivity index (χ2n) is 5.79. The summed E-state index contributed by atoms with van der Waals surface area (Å²) in [7, 11) is 0. The summed E-state index contributed by atoms with van der Waals surface area (Å²) in [6, 6.07) is 5.27. The number of alkyl halides is 2. The highest BCUT2D eigenvalue weighted by atomic mass is 19.3. The van der Waals surface area contributed by atoms with Crippen LogP contribution in [0.25, 0.3) is 0 Å². The van der Waals surface area contributed by atoms with Gasteiger partial charge in [-0.25, -0.2) is 0 Å². The van der Waals surface area contributed by atoms with Gasteiger partial charge >= 0.3 is 6.29 Å². The summed E-state index contributed by atoms with van der Waals surface area (Å²) in [5, 5.41) is 3.32. The molecule has 0 radical (unpaired) electrons. The summed E-state index contributed by atoms with van der Waals surface area (Å²) >= 11 is 0. The molecule has 1 saturated heterocycles. The summed E-state index contributed by atoms with van der Waals surface area (Å²) in [5.41, 5.74) is 0.810. The van der Waals surface area contributed by atoms with Crippen molar-refractivity contribution in [3.05, 3.63) is 23.8 Å². The molecule has 2 aliphatic rings. The van der Waals surface area contributed by atoms with Gasteiger partial charge in [0.2, 0.25) is 0 Å². The summed E-state index contributed by atoms with van der Waals surface area (Å²) < 4.78 is 36.2. The van der Waals surface area contributed by atoms with Crippen molar-refractivity contribution in [2.45, 2.75) is 38.5 Å². The molecule has 4 nitrogen and oxygen atoms in total. The number of para-hydroxylation sites is 1. The number of hydrogen-bond donors (Lipinski definition) is 1. The topological polar surface area (TPSA) is 33.7 Å². The minimum absolute atomic E-state index is 0.0921. The van der Waals surface area contributed by atoms with Gasteiger partial charge in [0.15, 0.2) is 11.5 Å². The largest absolute Gasteiger partial charge is 0.586 e. The summed E-state index contributed by atoms with van der Waals surface area (Å²) in [6.07, 6.45) is -0.500. The van der Waals surface area contributed by atoms with Gasteiger partial charge in [-0.15, -0.1) is 8.78 Å². The molecule has 0 aromatic heterocycles. The molecule has 2 heterocycles. The Hall–Kier alpha value is -1.40. The third-order valence-electron chi connectivity index (χ3n) is 4.24. The summed E-state index contributed by atoms with van der Waals surface area (Å²) in [4.78, 5) is 2.35. The molecule has 1 fully saturated rings. The second kappa shape index (κ2) is 6.38. The molecular formula is C16H22F2N2O2. The van der Waals surface area contributed by atoms with Crippen LogP contribution in [-0.2, 0) is 0 Å². The van der Waals surface area contributed by atoms with Gasteiger partial charge in [-0.3, -0.25) is 4.90 Å². The Labute approximate surface area is 129 Å². The van der Waals surface area contributed by atoms with Gasteiger partial charge < -0.3 is 14.8 Å². The van der Waals surface area contributed by atoms with Gasteiger partial charge in [0, 0.05) is 37.8 Å². The van der Waals surface area contributed by atoms with E-state index in [9.17, 15) is 8.78 Å². The number of piperazine rings is 1. The predicted octanol–water partition coefficient (Wildman–Crippen LogP) is 3.14. The average molecular weight is 312 g/mol. The summed E-state index contributed by atoms with van der Waals surface area (Å²) in [5.74, 6) is 0.339. The number of hydrogen-bond acceptors (Lipinski definition) is 4. The summed E-state index contributed by atoms with van der Waals surface area (Å²) in [6.45, 7) is 5.80. The first-order chi connectivity index (χ1) is 10.6. The molecule has 1 N–H and O–H groups in total. The van der Waals surface area contributed by atoms with Crippen LogP contribution >= 0.6 is 0 Å². The molecule has 0 spiro atoms. The van der Waals surface area contributed by atoms with Crippen LogP contribution in [-0.4, -0.2) is 37.4 Å². The first-order valence-electron chi connectivity index (χ1n) is 7.94. The predicted molar refractivity (Wildman–Crippen MR) is 79.4 cm³/mol. The molecule has 0 saturated carbocycles. The zero-order valence-electron chi connectivity index (χ0n) is 12.8. The van der Waals surface area contributed by atoms with Gasteiger partial charge in [0.05, 0.1) is 0 Å². The van der Waals surface area contributed by atoms with Gasteiger partial charge in [-0.1, -0.05) is 31.9 Å². The highest BCUT2D eigenvalue weighted by Gasteiger charge is 2.45. The molecule has 1 atom stereocenters. The maximum Gasteiger partial charge on any atom is 0.586 e. The van der Waals surface area contributed by atoms with Crippen LogP contribution in [0.3, 0.4) is 0 Å². The van der Waals surface area contributed by atoms with Crippen LogP contribution in [0.4, 0.5) is 8.78 Å². The normalized spacial score (nSPS) is 21.8. The number of rotatable bonds is 5. The number of halogens is 2. The van der Waals surface area contributed by atoms with Gasteiger partial charge in [-0.05, 0) is 12.5 Å². The van der Waals surface area contributed by atoms with E-state index in [4.69, 9.17) is 4.74 Å². The van der Waals surface area contributed by atoms with Crippen molar-refractivity contribution >= 4 is 0 Å². The Morgan fingerprint density at radius 1 is 1.27 bits per heavy atom. The van der Waals surface area contributed by atoms with E-state index in [1.807, 2.05) is 6.07 Å². The molecule has 22 heavy (non-hydrogen) atoms. The van der Waals surface area contributed by atoms with Gasteiger partial charge in [0.1, 0.15) is 0 Å². The number of fused-ring (bicyclic) bond motifs is 1. The molecular weight excluding hydrogens is 290 g/mol. The van der Waals surface area contributed by atoms with E-state index in [1.54, 1.807) is 6.07 Å². The molecule has 0 amide bonds. The first kappa shape index (κ1) is 15.5. The lowest BCUT2D eigenvalue weighted by molar-refractivity contribution is -0.287. The maximum atomic E-state index is 13.4. The van der Waals surface area contributed by atoms with Crippen molar-refractivity contribution in [3.63, 3.8) is 0 Å². The Kier molecular flexibility index (Phi) is 4.49. The van der Waals surface area contributed by atoms with E-state index >= 15 is 0 Å². The van der Waals surface area contributed by atoms with E-state index in [0.29, 0.717) is 0 Å². The van der Waals surface area contributed by atoms with Crippen molar-refractivity contribution in [3.8, 4) is 11.5 Å². The van der Waals surface area contributed by atoms with E-state index in [2.05, 4.69) is 21.9 Å². The van der Waals surface area contributed by atoms with Crippen molar-refractivity contribution in [1.82, 2.24) is 10.2 Å². The third-order valence-corrected chi connectivity index (χ3v) is 4.24. The molecule has 0 unspecified atom stereocenters. The number of benzene rings is 1. The van der Waals surface area contributed by atoms with Crippen LogP contribution in [0.5, 0.6) is 11.5 Å². The van der Waals surface area contributed by atoms with E-state index < -0.39 is 6.29 Å². The molecule has 1 aromatic rings. The molecule has 2 aliphatic heterocycles. The first-order valence-corrected chi connectivity index (χ1v) is 7.94. The highest BCUT2D eigenvalue weighted by molar-refractivity contribution is 5.50. The SMILES string of the molecule is CCCC[C@H](c1cccc2c1OC(F)(F)O2)N1CCNCC1. The Morgan fingerprint density at radius 2 is 2.05 bits per heavy atom. The van der Waals surface area contributed by atoms with Crippen LogP contribution in [0.15, 0.2) is 18.2 Å². The zero-order chi connectivity index (χ0) is 15.6. The van der Waals surface area contributed by atoms with Crippen molar-refractivity contribution in [1.29, 1.82) is 0 Å². The van der Waals surface area contributed by atoms with Gasteiger partial charge in [0.25, 0.3) is 0 Å². The maximum absolute atomic E-state index is 13.4. The fraction of sp³-hybridized carbons (Fsp3) is 0.625. The fourth-order valence-electron chi connectivity index (χ4n) is 3.18. The number of unbranched alkanes of at least 4 members (excludes halogenated alkanes) is 1. The molecule has 3 rings (SSSR count). The zero-order valence-corrected chi connectivity index (χ0v) is 12.8. The number of ether oxygens (including phenoxy) is 2. The van der Waals surface area contributed by atoms with Crippen molar-refractivity contribution < 1.29 is 18.3 Å². The van der Waals surface area contributed by atoms with E-state index in [0.717, 1.165) is 51.0 Å². The molecule has 0 bridgehead atoms. The van der Waals surface area contributed by atoms with Crippen LogP contribution in [0, 0.1) is 0 Å². The average Bonchev–Trinajstić information content (AvgIpc) is 2.83. The minimum Gasteiger partial charge on any atom is -0.395 e. The van der Waals surface area contributed by atoms with Crippen LogP contribution in [0.1, 0.15) is 37.8 Å². The third kappa shape index (κ3) is 3.17. The van der Waals surface area contributed by atoms with Crippen molar-refractivity contribution in [2.75, 3.05) is 26.2 Å². The molecule has 0 aliphatic carbocycles. The lowest BCUT2D eigenvalue weighted by Gasteiger charge is -2.35. The lowest BCUT2D eigenvalue weighted by Crippen LogP contribution is -2.45. The fourth-order valence-corrected chi connectivity index (χ4v) is 3.18. The van der Waals surface area contributed by atoms with Crippen LogP contribution < -0.4 is 14.8 Å². The smallest absolute Gasteiger partial charge is 0.395 e. The van der Waals surface area contributed by atoms with E-state index in [1.165, 1.54) is 6.07 Å². The van der Waals surface area contributed by atoms with Crippen LogP contribution in [0.2, 0.25) is 0 Å². The molecule has 6 heteroatoms. The quantitative estimate of drug-likeness (QED) is 0.905. The molecule has 122 valence electrons. The van der Waals surface area contributed by atoms with E-state index in [-0.39, 0.29) is 17.5 Å². The van der Waals surface area contributed by atoms with Crippen molar-refractivity contribution in [2.24, 2.45) is 0 Å². The Morgan fingerprint density at radius 3 is 2.77 bits per heavy atom. The minimum atomic E-state index is -3.56. The van der Waals surface area contributed by atoms with Gasteiger partial charge in [-0.2, -0.15) is 0 Å². The highest BCUT2D eigenvalue weighted by Crippen LogP contribution is 2.47. The number of nitrogens with one attached hydrogen (secondary N) is 1. The Balaban J connectivity index is 1.90. The number of nitrogens with zero attached hydrogens (tertiary/aromatic N) is 1. The molecule has 1 aromatic carbocycles. The second-order valence-corrected chi connectivity index (χ2v) is 5.79. The lowest BCUT2D eigenvalue weighted by atomic mass is 9.97. The standard InChI is InChI=1S/C16H22F2N2O2/c1-2-3-6-13(20-10-8-19-9-11-20)12-5-4-7-14-15(12)22-16(17,18)21-14/h4-5,7,13,19H,2-3,6,8-11H2,1H3/t13-/m1/s1. The Bertz CT molecular complexity index is 519.